The molecule has 110 valence electrons. The molecule has 0 amide bonds. The second-order valence-corrected chi connectivity index (χ2v) is 6.11. The standard InChI is InChI=1S/C17H18FNOS/c1-21-17-6-4-15(5-7-17)20-16-9-12(8-13(18)10-16)11-19-14-2-3-14/h4-10,14,19H,2-3,11H2,1H3. The van der Waals surface area contributed by atoms with E-state index < -0.39 is 0 Å². The van der Waals surface area contributed by atoms with Gasteiger partial charge < -0.3 is 10.1 Å². The van der Waals surface area contributed by atoms with E-state index in [1.807, 2.05) is 36.6 Å². The van der Waals surface area contributed by atoms with Gasteiger partial charge in [0, 0.05) is 23.5 Å². The molecule has 1 aliphatic carbocycles. The number of benzene rings is 2. The summed E-state index contributed by atoms with van der Waals surface area (Å²) in [6, 6.07) is 13.3. The van der Waals surface area contributed by atoms with Crippen LogP contribution >= 0.6 is 11.8 Å². The minimum absolute atomic E-state index is 0.263. The number of ether oxygens (including phenoxy) is 1. The molecule has 0 aromatic heterocycles. The summed E-state index contributed by atoms with van der Waals surface area (Å²) in [4.78, 5) is 1.18. The number of rotatable bonds is 6. The highest BCUT2D eigenvalue weighted by molar-refractivity contribution is 7.98. The zero-order valence-electron chi connectivity index (χ0n) is 11.9. The topological polar surface area (TPSA) is 21.3 Å². The normalized spacial score (nSPS) is 14.2. The molecule has 0 atom stereocenters. The van der Waals surface area contributed by atoms with Gasteiger partial charge in [0.1, 0.15) is 17.3 Å². The van der Waals surface area contributed by atoms with Crippen LogP contribution in [0.5, 0.6) is 11.5 Å². The van der Waals surface area contributed by atoms with Gasteiger partial charge >= 0.3 is 0 Å². The van der Waals surface area contributed by atoms with Crippen molar-refractivity contribution in [3.8, 4) is 11.5 Å². The van der Waals surface area contributed by atoms with Gasteiger partial charge in [-0.1, -0.05) is 0 Å². The lowest BCUT2D eigenvalue weighted by Crippen LogP contribution is -2.15. The fraction of sp³-hybridized carbons (Fsp3) is 0.294. The van der Waals surface area contributed by atoms with E-state index in [1.165, 1.54) is 23.8 Å². The van der Waals surface area contributed by atoms with Crippen LogP contribution in [0.3, 0.4) is 0 Å². The summed E-state index contributed by atoms with van der Waals surface area (Å²) >= 11 is 1.68. The fourth-order valence-electron chi connectivity index (χ4n) is 2.11. The molecular formula is C17H18FNOS. The van der Waals surface area contributed by atoms with Crippen molar-refractivity contribution in [3.63, 3.8) is 0 Å². The van der Waals surface area contributed by atoms with Gasteiger partial charge in [-0.25, -0.2) is 4.39 Å². The molecule has 1 saturated carbocycles. The second-order valence-electron chi connectivity index (χ2n) is 5.23. The maximum absolute atomic E-state index is 13.7. The second kappa shape index (κ2) is 6.50. The lowest BCUT2D eigenvalue weighted by Gasteiger charge is -2.09. The minimum atomic E-state index is -0.263. The molecule has 0 aliphatic heterocycles. The fourth-order valence-corrected chi connectivity index (χ4v) is 2.52. The molecule has 0 unspecified atom stereocenters. The lowest BCUT2D eigenvalue weighted by atomic mass is 10.2. The van der Waals surface area contributed by atoms with Crippen molar-refractivity contribution >= 4 is 11.8 Å². The highest BCUT2D eigenvalue weighted by Gasteiger charge is 2.20. The Morgan fingerprint density at radius 3 is 2.57 bits per heavy atom. The molecule has 3 rings (SSSR count). The molecule has 2 aromatic rings. The first-order valence-corrected chi connectivity index (χ1v) is 8.30. The summed E-state index contributed by atoms with van der Waals surface area (Å²) in [6.07, 6.45) is 4.47. The predicted octanol–water partition coefficient (Wildman–Crippen LogP) is 4.59. The van der Waals surface area contributed by atoms with Gasteiger partial charge in [-0.3, -0.25) is 0 Å². The molecule has 0 spiro atoms. The van der Waals surface area contributed by atoms with E-state index in [0.717, 1.165) is 11.3 Å². The van der Waals surface area contributed by atoms with Gasteiger partial charge in [0.2, 0.25) is 0 Å². The van der Waals surface area contributed by atoms with Gasteiger partial charge in [0.25, 0.3) is 0 Å². The quantitative estimate of drug-likeness (QED) is 0.789. The first-order valence-electron chi connectivity index (χ1n) is 7.08. The van der Waals surface area contributed by atoms with Crippen molar-refractivity contribution in [3.05, 3.63) is 53.8 Å². The molecule has 0 heterocycles. The van der Waals surface area contributed by atoms with Crippen LogP contribution in [0.1, 0.15) is 18.4 Å². The maximum atomic E-state index is 13.7. The summed E-state index contributed by atoms with van der Waals surface area (Å²) < 4.78 is 19.4. The van der Waals surface area contributed by atoms with E-state index in [-0.39, 0.29) is 5.82 Å². The molecular weight excluding hydrogens is 285 g/mol. The minimum Gasteiger partial charge on any atom is -0.457 e. The van der Waals surface area contributed by atoms with Crippen molar-refractivity contribution in [2.45, 2.75) is 30.3 Å². The molecule has 4 heteroatoms. The van der Waals surface area contributed by atoms with Crippen LogP contribution in [-0.4, -0.2) is 12.3 Å². The Balaban J connectivity index is 1.70. The monoisotopic (exact) mass is 303 g/mol. The van der Waals surface area contributed by atoms with Crippen molar-refractivity contribution in [2.24, 2.45) is 0 Å². The SMILES string of the molecule is CSc1ccc(Oc2cc(F)cc(CNC3CC3)c2)cc1. The molecule has 2 nitrogen and oxygen atoms in total. The summed E-state index contributed by atoms with van der Waals surface area (Å²) in [5.74, 6) is 1.000. The van der Waals surface area contributed by atoms with Crippen LogP contribution < -0.4 is 10.1 Å². The predicted molar refractivity (Wildman–Crippen MR) is 84.6 cm³/mol. The number of halogens is 1. The maximum Gasteiger partial charge on any atom is 0.130 e. The Morgan fingerprint density at radius 1 is 1.14 bits per heavy atom. The average Bonchev–Trinajstić information content (AvgIpc) is 3.30. The molecule has 0 radical (unpaired) electrons. The smallest absolute Gasteiger partial charge is 0.130 e. The average molecular weight is 303 g/mol. The van der Waals surface area contributed by atoms with Gasteiger partial charge in [-0.05, 0) is 61.1 Å². The van der Waals surface area contributed by atoms with Gasteiger partial charge in [-0.15, -0.1) is 11.8 Å². The van der Waals surface area contributed by atoms with Gasteiger partial charge in [-0.2, -0.15) is 0 Å². The number of nitrogens with one attached hydrogen (secondary N) is 1. The van der Waals surface area contributed by atoms with Crippen molar-refractivity contribution in [2.75, 3.05) is 6.26 Å². The third-order valence-electron chi connectivity index (χ3n) is 3.40. The Hall–Kier alpha value is -1.52. The Kier molecular flexibility index (Phi) is 4.46. The Morgan fingerprint density at radius 2 is 1.90 bits per heavy atom. The van der Waals surface area contributed by atoms with Crippen molar-refractivity contribution in [1.29, 1.82) is 0 Å². The first kappa shape index (κ1) is 14.4. The molecule has 0 bridgehead atoms. The highest BCUT2D eigenvalue weighted by Crippen LogP contribution is 2.26. The third kappa shape index (κ3) is 4.22. The zero-order valence-corrected chi connectivity index (χ0v) is 12.8. The van der Waals surface area contributed by atoms with Gasteiger partial charge in [0.15, 0.2) is 0 Å². The van der Waals surface area contributed by atoms with Crippen LogP contribution in [0.15, 0.2) is 47.4 Å². The van der Waals surface area contributed by atoms with E-state index in [0.29, 0.717) is 18.3 Å². The van der Waals surface area contributed by atoms with E-state index in [2.05, 4.69) is 5.32 Å². The van der Waals surface area contributed by atoms with Crippen LogP contribution in [0.25, 0.3) is 0 Å². The molecule has 1 aliphatic rings. The summed E-state index contributed by atoms with van der Waals surface area (Å²) in [7, 11) is 0. The Bertz CT molecular complexity index is 611. The van der Waals surface area contributed by atoms with Crippen LogP contribution in [-0.2, 0) is 6.54 Å². The molecule has 0 saturated heterocycles. The third-order valence-corrected chi connectivity index (χ3v) is 4.14. The van der Waals surface area contributed by atoms with E-state index in [9.17, 15) is 4.39 Å². The molecule has 1 N–H and O–H groups in total. The van der Waals surface area contributed by atoms with Gasteiger partial charge in [0.05, 0.1) is 0 Å². The largest absolute Gasteiger partial charge is 0.457 e. The summed E-state index contributed by atoms with van der Waals surface area (Å²) in [6.45, 7) is 0.685. The number of hydrogen-bond donors (Lipinski definition) is 1. The van der Waals surface area contributed by atoms with E-state index in [1.54, 1.807) is 17.8 Å². The molecule has 21 heavy (non-hydrogen) atoms. The van der Waals surface area contributed by atoms with Crippen LogP contribution in [0.2, 0.25) is 0 Å². The molecule has 2 aromatic carbocycles. The van der Waals surface area contributed by atoms with E-state index in [4.69, 9.17) is 4.74 Å². The van der Waals surface area contributed by atoms with Crippen molar-refractivity contribution < 1.29 is 9.13 Å². The highest BCUT2D eigenvalue weighted by atomic mass is 32.2. The van der Waals surface area contributed by atoms with Crippen molar-refractivity contribution in [1.82, 2.24) is 5.32 Å². The summed E-state index contributed by atoms with van der Waals surface area (Å²) in [5, 5.41) is 3.38. The zero-order chi connectivity index (χ0) is 14.7. The van der Waals surface area contributed by atoms with E-state index >= 15 is 0 Å². The van der Waals surface area contributed by atoms with Crippen LogP contribution in [0, 0.1) is 5.82 Å². The Labute approximate surface area is 128 Å². The lowest BCUT2D eigenvalue weighted by molar-refractivity contribution is 0.474. The first-order chi connectivity index (χ1) is 10.2. The molecule has 1 fully saturated rings. The van der Waals surface area contributed by atoms with Crippen LogP contribution in [0.4, 0.5) is 4.39 Å². The number of hydrogen-bond acceptors (Lipinski definition) is 3. The summed E-state index contributed by atoms with van der Waals surface area (Å²) in [5.41, 5.74) is 0.914. The number of thioether (sulfide) groups is 1.